The van der Waals surface area contributed by atoms with E-state index in [1.54, 1.807) is 18.0 Å². The fraction of sp³-hybridized carbons (Fsp3) is 0.636. The maximum absolute atomic E-state index is 12.1. The van der Waals surface area contributed by atoms with Gasteiger partial charge in [-0.25, -0.2) is 0 Å². The average Bonchev–Trinajstić information content (AvgIpc) is 2.64. The summed E-state index contributed by atoms with van der Waals surface area (Å²) >= 11 is 3.36. The van der Waals surface area contributed by atoms with E-state index in [0.29, 0.717) is 25.3 Å². The molecule has 0 atom stereocenters. The maximum Gasteiger partial charge on any atom is 0.183 e. The first kappa shape index (κ1) is 14.3. The summed E-state index contributed by atoms with van der Waals surface area (Å²) in [6.07, 6.45) is 2.14. The van der Waals surface area contributed by atoms with Crippen molar-refractivity contribution >= 4 is 21.7 Å². The van der Waals surface area contributed by atoms with Crippen LogP contribution in [0.1, 0.15) is 16.9 Å². The van der Waals surface area contributed by atoms with Gasteiger partial charge in [0.25, 0.3) is 0 Å². The molecule has 0 saturated heterocycles. The van der Waals surface area contributed by atoms with Crippen LogP contribution in [0.2, 0.25) is 0 Å². The van der Waals surface area contributed by atoms with Crippen LogP contribution in [-0.4, -0.2) is 54.8 Å². The molecule has 0 aliphatic carbocycles. The summed E-state index contributed by atoms with van der Waals surface area (Å²) in [5.74, 6) is 0.0965. The van der Waals surface area contributed by atoms with Gasteiger partial charge >= 0.3 is 0 Å². The summed E-state index contributed by atoms with van der Waals surface area (Å²) in [5.41, 5.74) is 0.629. The molecular weight excluding hydrogens is 286 g/mol. The predicted octanol–water partition coefficient (Wildman–Crippen LogP) is 1.43. The molecule has 0 saturated carbocycles. The molecule has 5 nitrogen and oxygen atoms in total. The molecule has 0 unspecified atom stereocenters. The molecule has 1 heterocycles. The number of hydrogen-bond donors (Lipinski definition) is 0. The Bertz CT molecular complexity index is 377. The van der Waals surface area contributed by atoms with Crippen LogP contribution in [0.4, 0.5) is 0 Å². The lowest BCUT2D eigenvalue weighted by atomic mass is 10.2. The van der Waals surface area contributed by atoms with Gasteiger partial charge in [0.15, 0.2) is 5.78 Å². The maximum atomic E-state index is 12.1. The number of hydrogen-bond acceptors (Lipinski definition) is 4. The van der Waals surface area contributed by atoms with E-state index in [9.17, 15) is 4.79 Å². The third kappa shape index (κ3) is 4.22. The molecule has 1 aromatic heterocycles. The summed E-state index contributed by atoms with van der Waals surface area (Å²) in [6.45, 7) is 1.87. The molecule has 0 fully saturated rings. The van der Waals surface area contributed by atoms with Gasteiger partial charge in [-0.05, 0) is 30.0 Å². The van der Waals surface area contributed by atoms with Crippen LogP contribution in [-0.2, 0) is 11.3 Å². The second kappa shape index (κ2) is 6.88. The van der Waals surface area contributed by atoms with Crippen molar-refractivity contribution in [2.45, 2.75) is 13.0 Å². The number of ketones is 1. The van der Waals surface area contributed by atoms with E-state index in [1.807, 2.05) is 19.0 Å². The first-order chi connectivity index (χ1) is 8.06. The minimum atomic E-state index is 0.0965. The van der Waals surface area contributed by atoms with Gasteiger partial charge in [0.2, 0.25) is 0 Å². The standard InChI is InChI=1S/C11H18BrN3O2/c1-14(2)5-4-10(16)11-9(12)8-13-15(11)6-7-17-3/h8H,4-7H2,1-3H3. The Kier molecular flexibility index (Phi) is 5.80. The summed E-state index contributed by atoms with van der Waals surface area (Å²) in [5, 5.41) is 4.16. The van der Waals surface area contributed by atoms with Gasteiger partial charge in [-0.1, -0.05) is 0 Å². The topological polar surface area (TPSA) is 47.4 Å². The largest absolute Gasteiger partial charge is 0.383 e. The Morgan fingerprint density at radius 1 is 1.59 bits per heavy atom. The van der Waals surface area contributed by atoms with E-state index in [0.717, 1.165) is 11.0 Å². The minimum absolute atomic E-state index is 0.0965. The number of carbonyl (C=O) groups is 1. The van der Waals surface area contributed by atoms with Crippen molar-refractivity contribution in [2.24, 2.45) is 0 Å². The van der Waals surface area contributed by atoms with Crippen LogP contribution in [0.3, 0.4) is 0 Å². The van der Waals surface area contributed by atoms with Crippen molar-refractivity contribution in [3.05, 3.63) is 16.4 Å². The third-order valence-corrected chi connectivity index (χ3v) is 2.93. The monoisotopic (exact) mass is 303 g/mol. The fourth-order valence-corrected chi connectivity index (χ4v) is 1.95. The first-order valence-electron chi connectivity index (χ1n) is 5.44. The zero-order chi connectivity index (χ0) is 12.8. The Hall–Kier alpha value is -0.720. The van der Waals surface area contributed by atoms with E-state index in [2.05, 4.69) is 21.0 Å². The Balaban J connectivity index is 2.73. The van der Waals surface area contributed by atoms with Crippen LogP contribution in [0.15, 0.2) is 10.7 Å². The number of methoxy groups -OCH3 is 1. The zero-order valence-electron chi connectivity index (χ0n) is 10.4. The van der Waals surface area contributed by atoms with Gasteiger partial charge in [0, 0.05) is 20.1 Å². The number of ether oxygens (including phenoxy) is 1. The fourth-order valence-electron chi connectivity index (χ4n) is 1.43. The first-order valence-corrected chi connectivity index (χ1v) is 6.23. The summed E-state index contributed by atoms with van der Waals surface area (Å²) in [7, 11) is 5.53. The second-order valence-corrected chi connectivity index (χ2v) is 4.89. The van der Waals surface area contributed by atoms with Gasteiger partial charge in [-0.2, -0.15) is 5.10 Å². The van der Waals surface area contributed by atoms with Gasteiger partial charge in [0.1, 0.15) is 5.69 Å². The van der Waals surface area contributed by atoms with Crippen LogP contribution >= 0.6 is 15.9 Å². The number of carbonyl (C=O) groups excluding carboxylic acids is 1. The quantitative estimate of drug-likeness (QED) is 0.715. The van der Waals surface area contributed by atoms with Crippen LogP contribution in [0, 0.1) is 0 Å². The van der Waals surface area contributed by atoms with Crippen molar-refractivity contribution in [3.8, 4) is 0 Å². The lowest BCUT2D eigenvalue weighted by molar-refractivity contribution is 0.0957. The highest BCUT2D eigenvalue weighted by Gasteiger charge is 2.16. The number of halogens is 1. The van der Waals surface area contributed by atoms with Crippen LogP contribution in [0.25, 0.3) is 0 Å². The number of nitrogens with zero attached hydrogens (tertiary/aromatic N) is 3. The lowest BCUT2D eigenvalue weighted by Crippen LogP contribution is -2.20. The molecule has 0 N–H and O–H groups in total. The molecule has 0 aliphatic rings. The van der Waals surface area contributed by atoms with E-state index >= 15 is 0 Å². The highest BCUT2D eigenvalue weighted by Crippen LogP contribution is 2.17. The molecule has 0 bridgehead atoms. The molecule has 6 heteroatoms. The molecule has 0 amide bonds. The molecule has 0 spiro atoms. The van der Waals surface area contributed by atoms with Crippen LogP contribution in [0.5, 0.6) is 0 Å². The molecule has 17 heavy (non-hydrogen) atoms. The molecule has 1 rings (SSSR count). The SMILES string of the molecule is COCCn1ncc(Br)c1C(=O)CCN(C)C. The highest BCUT2D eigenvalue weighted by molar-refractivity contribution is 9.10. The van der Waals surface area contributed by atoms with E-state index in [4.69, 9.17) is 4.74 Å². The van der Waals surface area contributed by atoms with Crippen molar-refractivity contribution in [1.82, 2.24) is 14.7 Å². The van der Waals surface area contributed by atoms with Crippen molar-refractivity contribution in [1.29, 1.82) is 0 Å². The molecule has 96 valence electrons. The molecule has 1 aromatic rings. The summed E-state index contributed by atoms with van der Waals surface area (Å²) in [6, 6.07) is 0. The van der Waals surface area contributed by atoms with Gasteiger partial charge in [-0.3, -0.25) is 9.48 Å². The number of Topliss-reactive ketones (excluding diaryl/α,β-unsaturated/α-hetero) is 1. The second-order valence-electron chi connectivity index (χ2n) is 4.03. The van der Waals surface area contributed by atoms with Gasteiger partial charge in [0.05, 0.1) is 23.8 Å². The molecule has 0 aliphatic heterocycles. The van der Waals surface area contributed by atoms with Crippen molar-refractivity contribution < 1.29 is 9.53 Å². The Morgan fingerprint density at radius 3 is 2.88 bits per heavy atom. The summed E-state index contributed by atoms with van der Waals surface area (Å²) < 4.78 is 7.43. The molecule has 0 radical (unpaired) electrons. The lowest BCUT2D eigenvalue weighted by Gasteiger charge is -2.10. The van der Waals surface area contributed by atoms with Gasteiger partial charge < -0.3 is 9.64 Å². The van der Waals surface area contributed by atoms with Gasteiger partial charge in [-0.15, -0.1) is 0 Å². The van der Waals surface area contributed by atoms with E-state index < -0.39 is 0 Å². The predicted molar refractivity (Wildman–Crippen MR) is 69.3 cm³/mol. The van der Waals surface area contributed by atoms with Crippen LogP contribution < -0.4 is 0 Å². The van der Waals surface area contributed by atoms with E-state index in [1.165, 1.54) is 0 Å². The Morgan fingerprint density at radius 2 is 2.29 bits per heavy atom. The molecular formula is C11H18BrN3O2. The Labute approximate surface area is 110 Å². The molecule has 0 aromatic carbocycles. The number of aromatic nitrogens is 2. The summed E-state index contributed by atoms with van der Waals surface area (Å²) in [4.78, 5) is 14.0. The van der Waals surface area contributed by atoms with E-state index in [-0.39, 0.29) is 5.78 Å². The smallest absolute Gasteiger partial charge is 0.183 e. The highest BCUT2D eigenvalue weighted by atomic mass is 79.9. The van der Waals surface area contributed by atoms with Crippen molar-refractivity contribution in [3.63, 3.8) is 0 Å². The minimum Gasteiger partial charge on any atom is -0.383 e. The average molecular weight is 304 g/mol. The zero-order valence-corrected chi connectivity index (χ0v) is 12.0. The number of rotatable bonds is 7. The van der Waals surface area contributed by atoms with Crippen molar-refractivity contribution in [2.75, 3.05) is 34.4 Å². The normalized spacial score (nSPS) is 11.1. The third-order valence-electron chi connectivity index (χ3n) is 2.35.